The van der Waals surface area contributed by atoms with Gasteiger partial charge in [-0.25, -0.2) is 0 Å². The molecule has 0 aliphatic rings. The average Bonchev–Trinajstić information content (AvgIpc) is 3.45. The van der Waals surface area contributed by atoms with Crippen molar-refractivity contribution in [3.63, 3.8) is 0 Å². The molecule has 0 heterocycles. The fraction of sp³-hybridized carbons (Fsp3) is 0.877. The van der Waals surface area contributed by atoms with Crippen LogP contribution in [0.2, 0.25) is 0 Å². The number of hydrogen-bond donors (Lipinski definition) is 0. The maximum Gasteiger partial charge on any atom is 0.306 e. The van der Waals surface area contributed by atoms with Gasteiger partial charge in [-0.05, 0) is 57.8 Å². The third-order valence-corrected chi connectivity index (χ3v) is 16.1. The van der Waals surface area contributed by atoms with E-state index in [2.05, 4.69) is 57.2 Å². The number of allylic oxidation sites excluding steroid dienone is 6. The summed E-state index contributed by atoms with van der Waals surface area (Å²) in [6, 6.07) is 0. The first-order chi connectivity index (χ1) is 39.0. The van der Waals surface area contributed by atoms with Crippen molar-refractivity contribution in [3.8, 4) is 0 Å². The smallest absolute Gasteiger partial charge is 0.306 e. The SMILES string of the molecule is CCCCCCC/C=C\C/C=C\C/C=C\CCCCCCCCCCCCCCCCCCC(=O)OCC(COC(=O)CCCCCCCCCCC)OC(=O)CCCCCCCCCCCCCCCCCCCCCCC. The van der Waals surface area contributed by atoms with Gasteiger partial charge >= 0.3 is 17.9 Å². The van der Waals surface area contributed by atoms with Crippen molar-refractivity contribution in [1.82, 2.24) is 0 Å². The highest BCUT2D eigenvalue weighted by molar-refractivity contribution is 5.71. The summed E-state index contributed by atoms with van der Waals surface area (Å²) in [5, 5.41) is 0. The fourth-order valence-electron chi connectivity index (χ4n) is 10.8. The molecule has 0 radical (unpaired) electrons. The summed E-state index contributed by atoms with van der Waals surface area (Å²) in [4.78, 5) is 38.3. The number of esters is 3. The van der Waals surface area contributed by atoms with E-state index in [4.69, 9.17) is 14.2 Å². The normalized spacial score (nSPS) is 12.2. The largest absolute Gasteiger partial charge is 0.462 e. The maximum absolute atomic E-state index is 12.9. The second kappa shape index (κ2) is 68.1. The van der Waals surface area contributed by atoms with Crippen molar-refractivity contribution in [2.24, 2.45) is 0 Å². The molecule has 6 nitrogen and oxygen atoms in total. The van der Waals surface area contributed by atoms with Crippen LogP contribution >= 0.6 is 0 Å². The van der Waals surface area contributed by atoms with Gasteiger partial charge < -0.3 is 14.2 Å². The molecule has 0 bridgehead atoms. The quantitative estimate of drug-likeness (QED) is 0.0261. The van der Waals surface area contributed by atoms with Crippen LogP contribution in [0, 0.1) is 0 Å². The van der Waals surface area contributed by atoms with Gasteiger partial charge in [0.05, 0.1) is 0 Å². The highest BCUT2D eigenvalue weighted by Crippen LogP contribution is 2.19. The van der Waals surface area contributed by atoms with Crippen molar-refractivity contribution >= 4 is 17.9 Å². The summed E-state index contributed by atoms with van der Waals surface area (Å²) in [5.41, 5.74) is 0. The van der Waals surface area contributed by atoms with E-state index in [-0.39, 0.29) is 31.1 Å². The average molecular weight is 1110 g/mol. The Labute approximate surface area is 493 Å². The monoisotopic (exact) mass is 1110 g/mol. The molecule has 0 aliphatic heterocycles. The van der Waals surface area contributed by atoms with Crippen LogP contribution in [-0.2, 0) is 28.6 Å². The van der Waals surface area contributed by atoms with Crippen molar-refractivity contribution in [2.75, 3.05) is 13.2 Å². The predicted molar refractivity (Wildman–Crippen MR) is 344 cm³/mol. The third-order valence-electron chi connectivity index (χ3n) is 16.1. The van der Waals surface area contributed by atoms with E-state index >= 15 is 0 Å². The van der Waals surface area contributed by atoms with Crippen LogP contribution in [0.5, 0.6) is 0 Å². The Kier molecular flexibility index (Phi) is 66.1. The predicted octanol–water partition coefficient (Wildman–Crippen LogP) is 24.3. The number of hydrogen-bond acceptors (Lipinski definition) is 6. The molecule has 6 heteroatoms. The van der Waals surface area contributed by atoms with E-state index in [1.54, 1.807) is 0 Å². The number of ether oxygens (including phenoxy) is 3. The van der Waals surface area contributed by atoms with Crippen LogP contribution < -0.4 is 0 Å². The standard InChI is InChI=1S/C73H136O6/c1-4-7-10-13-16-19-21-23-25-27-29-31-32-33-34-35-36-37-38-39-40-42-43-45-47-49-51-54-57-60-63-66-72(75)78-69-70(68-77-71(74)65-62-59-56-53-18-15-12-9-6-3)79-73(76)67-64-61-58-55-52-50-48-46-44-41-30-28-26-24-22-20-17-14-11-8-5-2/h21,23,27,29,32-33,70H,4-20,22,24-26,28,30-31,34-69H2,1-3H3/b23-21-,29-27-,33-32-. The lowest BCUT2D eigenvalue weighted by atomic mass is 10.0. The molecular formula is C73H136O6. The summed E-state index contributed by atoms with van der Waals surface area (Å²) in [5.74, 6) is -0.839. The minimum Gasteiger partial charge on any atom is -0.462 e. The topological polar surface area (TPSA) is 78.9 Å². The van der Waals surface area contributed by atoms with Gasteiger partial charge in [-0.3, -0.25) is 14.4 Å². The molecule has 0 saturated carbocycles. The number of rotatable bonds is 66. The van der Waals surface area contributed by atoms with Crippen LogP contribution in [0.4, 0.5) is 0 Å². The molecule has 0 spiro atoms. The second-order valence-electron chi connectivity index (χ2n) is 24.2. The van der Waals surface area contributed by atoms with E-state index in [1.165, 1.54) is 283 Å². The van der Waals surface area contributed by atoms with E-state index in [1.807, 2.05) is 0 Å². The molecule has 79 heavy (non-hydrogen) atoms. The summed E-state index contributed by atoms with van der Waals surface area (Å²) < 4.78 is 16.9. The van der Waals surface area contributed by atoms with Gasteiger partial charge in [0, 0.05) is 19.3 Å². The van der Waals surface area contributed by atoms with Gasteiger partial charge in [-0.1, -0.05) is 353 Å². The molecule has 1 unspecified atom stereocenters. The van der Waals surface area contributed by atoms with Crippen molar-refractivity contribution in [3.05, 3.63) is 36.5 Å². The zero-order valence-electron chi connectivity index (χ0n) is 53.4. The van der Waals surface area contributed by atoms with Crippen molar-refractivity contribution < 1.29 is 28.6 Å². The van der Waals surface area contributed by atoms with Gasteiger partial charge in [0.2, 0.25) is 0 Å². The molecule has 0 aromatic rings. The zero-order valence-corrected chi connectivity index (χ0v) is 53.4. The van der Waals surface area contributed by atoms with Gasteiger partial charge in [0.1, 0.15) is 13.2 Å². The molecular weight excluding hydrogens is 973 g/mol. The Hall–Kier alpha value is -2.37. The minimum absolute atomic E-state index is 0.0653. The highest BCUT2D eigenvalue weighted by atomic mass is 16.6. The number of carbonyl (C=O) groups is 3. The molecule has 464 valence electrons. The van der Waals surface area contributed by atoms with E-state index < -0.39 is 6.10 Å². The molecule has 1 atom stereocenters. The molecule has 0 aromatic carbocycles. The van der Waals surface area contributed by atoms with Crippen molar-refractivity contribution in [1.29, 1.82) is 0 Å². The van der Waals surface area contributed by atoms with E-state index in [0.29, 0.717) is 19.3 Å². The van der Waals surface area contributed by atoms with Crippen LogP contribution in [0.1, 0.15) is 393 Å². The summed E-state index contributed by atoms with van der Waals surface area (Å²) in [6.07, 6.45) is 84.8. The molecule has 0 aromatic heterocycles. The first kappa shape index (κ1) is 76.6. The van der Waals surface area contributed by atoms with E-state index in [0.717, 1.165) is 70.6 Å². The number of unbranched alkanes of at least 4 members (excludes halogenated alkanes) is 49. The summed E-state index contributed by atoms with van der Waals surface area (Å²) in [7, 11) is 0. The van der Waals surface area contributed by atoms with Gasteiger partial charge in [-0.2, -0.15) is 0 Å². The maximum atomic E-state index is 12.9. The Balaban J connectivity index is 4.07. The van der Waals surface area contributed by atoms with Crippen LogP contribution in [0.15, 0.2) is 36.5 Å². The van der Waals surface area contributed by atoms with Gasteiger partial charge in [0.15, 0.2) is 6.10 Å². The Bertz CT molecular complexity index is 1320. The molecule has 0 rings (SSSR count). The molecule has 0 fully saturated rings. The zero-order chi connectivity index (χ0) is 57.1. The van der Waals surface area contributed by atoms with Crippen molar-refractivity contribution in [2.45, 2.75) is 399 Å². The Morgan fingerprint density at radius 2 is 0.456 bits per heavy atom. The summed E-state index contributed by atoms with van der Waals surface area (Å²) in [6.45, 7) is 6.68. The first-order valence-corrected chi connectivity index (χ1v) is 35.5. The lowest BCUT2D eigenvalue weighted by Crippen LogP contribution is -2.30. The second-order valence-corrected chi connectivity index (χ2v) is 24.2. The van der Waals surface area contributed by atoms with Crippen LogP contribution in [-0.4, -0.2) is 37.2 Å². The molecule has 0 amide bonds. The Morgan fingerprint density at radius 1 is 0.253 bits per heavy atom. The first-order valence-electron chi connectivity index (χ1n) is 35.5. The minimum atomic E-state index is -0.767. The molecule has 0 aliphatic carbocycles. The van der Waals surface area contributed by atoms with Crippen LogP contribution in [0.25, 0.3) is 0 Å². The lowest BCUT2D eigenvalue weighted by molar-refractivity contribution is -0.167. The molecule has 0 saturated heterocycles. The van der Waals surface area contributed by atoms with E-state index in [9.17, 15) is 14.4 Å². The molecule has 0 N–H and O–H groups in total. The fourth-order valence-corrected chi connectivity index (χ4v) is 10.8. The third kappa shape index (κ3) is 66.3. The summed E-state index contributed by atoms with van der Waals surface area (Å²) >= 11 is 0. The lowest BCUT2D eigenvalue weighted by Gasteiger charge is -2.18. The van der Waals surface area contributed by atoms with Crippen LogP contribution in [0.3, 0.4) is 0 Å². The van der Waals surface area contributed by atoms with Gasteiger partial charge in [-0.15, -0.1) is 0 Å². The number of carbonyl (C=O) groups excluding carboxylic acids is 3. The Morgan fingerprint density at radius 3 is 0.709 bits per heavy atom. The van der Waals surface area contributed by atoms with Gasteiger partial charge in [0.25, 0.3) is 0 Å². The highest BCUT2D eigenvalue weighted by Gasteiger charge is 2.19.